The van der Waals surface area contributed by atoms with Crippen LogP contribution < -0.4 is 10.6 Å². The molecule has 0 bridgehead atoms. The molecule has 2 rings (SSSR count). The first-order chi connectivity index (χ1) is 11.2. The van der Waals surface area contributed by atoms with Crippen molar-refractivity contribution in [2.24, 2.45) is 0 Å². The molecule has 0 radical (unpaired) electrons. The molecule has 0 unspecified atom stereocenters. The first kappa shape index (κ1) is 16.0. The van der Waals surface area contributed by atoms with Gasteiger partial charge in [0.15, 0.2) is 0 Å². The van der Waals surface area contributed by atoms with Crippen LogP contribution in [0, 0.1) is 22.0 Å². The number of benzene rings is 1. The summed E-state index contributed by atoms with van der Waals surface area (Å²) in [4.78, 5) is 25.8. The quantitative estimate of drug-likeness (QED) is 0.378. The van der Waals surface area contributed by atoms with Crippen LogP contribution in [0.4, 0.5) is 11.5 Å². The van der Waals surface area contributed by atoms with Gasteiger partial charge in [-0.3, -0.25) is 14.9 Å². The maximum atomic E-state index is 11.6. The Morgan fingerprint density at radius 3 is 2.70 bits per heavy atom. The Morgan fingerprint density at radius 1 is 1.17 bits per heavy atom. The average Bonchev–Trinajstić information content (AvgIpc) is 2.58. The minimum Gasteiger partial charge on any atom is -0.363 e. The molecule has 2 N–H and O–H groups in total. The molecule has 0 spiro atoms. The van der Waals surface area contributed by atoms with Crippen LogP contribution in [0.25, 0.3) is 0 Å². The van der Waals surface area contributed by atoms with E-state index in [0.717, 1.165) is 5.56 Å². The highest BCUT2D eigenvalue weighted by Crippen LogP contribution is 2.19. The molecule has 23 heavy (non-hydrogen) atoms. The summed E-state index contributed by atoms with van der Waals surface area (Å²) in [6.07, 6.45) is 1.46. The molecule has 0 aliphatic rings. The summed E-state index contributed by atoms with van der Waals surface area (Å²) in [5, 5.41) is 16.2. The Kier molecular flexibility index (Phi) is 5.66. The van der Waals surface area contributed by atoms with Gasteiger partial charge in [0.25, 0.3) is 5.91 Å². The molecule has 7 nitrogen and oxygen atoms in total. The predicted molar refractivity (Wildman–Crippen MR) is 85.7 cm³/mol. The monoisotopic (exact) mass is 310 g/mol. The zero-order chi connectivity index (χ0) is 16.5. The van der Waals surface area contributed by atoms with Crippen molar-refractivity contribution in [3.8, 4) is 11.8 Å². The smallest absolute Gasteiger partial charge is 0.311 e. The zero-order valence-electron chi connectivity index (χ0n) is 12.2. The molecule has 1 aromatic heterocycles. The van der Waals surface area contributed by atoms with Gasteiger partial charge in [0.2, 0.25) is 5.82 Å². The predicted octanol–water partition coefficient (Wildman–Crippen LogP) is 1.57. The minimum absolute atomic E-state index is 0.109. The molecule has 1 heterocycles. The summed E-state index contributed by atoms with van der Waals surface area (Å²) in [5.41, 5.74) is 0.646. The molecule has 1 amide bonds. The molecule has 2 aromatic rings. The van der Waals surface area contributed by atoms with E-state index in [9.17, 15) is 14.9 Å². The third-order valence-electron chi connectivity index (χ3n) is 2.78. The molecule has 0 aliphatic heterocycles. The number of carbonyl (C=O) groups excluding carboxylic acids is 1. The third kappa shape index (κ3) is 5.13. The zero-order valence-corrected chi connectivity index (χ0v) is 12.2. The van der Waals surface area contributed by atoms with E-state index in [1.54, 1.807) is 0 Å². The number of nitro groups is 1. The van der Waals surface area contributed by atoms with Crippen LogP contribution in [0.2, 0.25) is 0 Å². The fraction of sp³-hybridized carbons (Fsp3) is 0.125. The fourth-order valence-electron chi connectivity index (χ4n) is 1.73. The van der Waals surface area contributed by atoms with Crippen LogP contribution in [0.1, 0.15) is 5.56 Å². The van der Waals surface area contributed by atoms with Gasteiger partial charge >= 0.3 is 5.69 Å². The normalized spacial score (nSPS) is 9.39. The Hall–Kier alpha value is -3.40. The molecule has 0 atom stereocenters. The topological polar surface area (TPSA) is 97.2 Å². The SMILES string of the molecule is O=C(C#Cc1ccccc1)NCCNc1ncccc1[N+](=O)[O-]. The Balaban J connectivity index is 1.79. The minimum atomic E-state index is -0.515. The highest BCUT2D eigenvalue weighted by atomic mass is 16.6. The van der Waals surface area contributed by atoms with Gasteiger partial charge in [-0.25, -0.2) is 4.98 Å². The maximum Gasteiger partial charge on any atom is 0.311 e. The molecule has 0 saturated carbocycles. The van der Waals surface area contributed by atoms with Crippen molar-refractivity contribution in [3.05, 3.63) is 64.3 Å². The summed E-state index contributed by atoms with van der Waals surface area (Å²) in [5.74, 6) is 4.98. The summed E-state index contributed by atoms with van der Waals surface area (Å²) in [7, 11) is 0. The molecular formula is C16H14N4O3. The number of carbonyl (C=O) groups is 1. The van der Waals surface area contributed by atoms with E-state index in [0.29, 0.717) is 6.54 Å². The lowest BCUT2D eigenvalue weighted by atomic mass is 10.2. The molecule has 116 valence electrons. The number of nitrogens with zero attached hydrogens (tertiary/aromatic N) is 2. The van der Waals surface area contributed by atoms with E-state index in [4.69, 9.17) is 0 Å². The molecule has 0 aliphatic carbocycles. The second kappa shape index (κ2) is 8.14. The van der Waals surface area contributed by atoms with Crippen molar-refractivity contribution in [2.45, 2.75) is 0 Å². The summed E-state index contributed by atoms with van der Waals surface area (Å²) >= 11 is 0. The van der Waals surface area contributed by atoms with Crippen LogP contribution in [0.3, 0.4) is 0 Å². The van der Waals surface area contributed by atoms with E-state index in [-0.39, 0.29) is 18.1 Å². The molecular weight excluding hydrogens is 296 g/mol. The maximum absolute atomic E-state index is 11.6. The lowest BCUT2D eigenvalue weighted by Gasteiger charge is -2.05. The van der Waals surface area contributed by atoms with Crippen LogP contribution >= 0.6 is 0 Å². The van der Waals surface area contributed by atoms with Gasteiger partial charge in [-0.05, 0) is 18.2 Å². The number of hydrogen-bond acceptors (Lipinski definition) is 5. The Bertz CT molecular complexity index is 751. The van der Waals surface area contributed by atoms with Gasteiger partial charge in [-0.2, -0.15) is 0 Å². The highest BCUT2D eigenvalue weighted by molar-refractivity contribution is 5.94. The summed E-state index contributed by atoms with van der Waals surface area (Å²) in [6.45, 7) is 0.576. The summed E-state index contributed by atoms with van der Waals surface area (Å²) < 4.78 is 0. The second-order valence-electron chi connectivity index (χ2n) is 4.43. The first-order valence-corrected chi connectivity index (χ1v) is 6.85. The van der Waals surface area contributed by atoms with E-state index in [1.165, 1.54) is 18.3 Å². The highest BCUT2D eigenvalue weighted by Gasteiger charge is 2.12. The van der Waals surface area contributed by atoms with E-state index >= 15 is 0 Å². The second-order valence-corrected chi connectivity index (χ2v) is 4.43. The van der Waals surface area contributed by atoms with E-state index in [2.05, 4.69) is 27.5 Å². The number of rotatable bonds is 5. The Morgan fingerprint density at radius 2 is 1.96 bits per heavy atom. The first-order valence-electron chi connectivity index (χ1n) is 6.85. The van der Waals surface area contributed by atoms with Gasteiger partial charge in [0, 0.05) is 36.8 Å². The van der Waals surface area contributed by atoms with Crippen molar-refractivity contribution in [2.75, 3.05) is 18.4 Å². The van der Waals surface area contributed by atoms with Crippen molar-refractivity contribution < 1.29 is 9.72 Å². The number of aromatic nitrogens is 1. The number of pyridine rings is 1. The third-order valence-corrected chi connectivity index (χ3v) is 2.78. The van der Waals surface area contributed by atoms with Crippen molar-refractivity contribution >= 4 is 17.4 Å². The Labute approximate surface area is 132 Å². The standard InChI is InChI=1S/C16H14N4O3/c21-15(9-8-13-5-2-1-3-6-13)17-11-12-19-16-14(20(22)23)7-4-10-18-16/h1-7,10H,11-12H2,(H,17,21)(H,18,19). The largest absolute Gasteiger partial charge is 0.363 e. The van der Waals surface area contributed by atoms with Crippen molar-refractivity contribution in [1.29, 1.82) is 0 Å². The van der Waals surface area contributed by atoms with Crippen LogP contribution in [-0.4, -0.2) is 28.9 Å². The average molecular weight is 310 g/mol. The van der Waals surface area contributed by atoms with Gasteiger partial charge in [0.1, 0.15) is 0 Å². The van der Waals surface area contributed by atoms with Gasteiger partial charge < -0.3 is 10.6 Å². The van der Waals surface area contributed by atoms with E-state index in [1.807, 2.05) is 30.3 Å². The fourth-order valence-corrected chi connectivity index (χ4v) is 1.73. The molecule has 1 aromatic carbocycles. The van der Waals surface area contributed by atoms with Gasteiger partial charge in [-0.15, -0.1) is 0 Å². The molecule has 0 saturated heterocycles. The van der Waals surface area contributed by atoms with Crippen LogP contribution in [-0.2, 0) is 4.79 Å². The number of amides is 1. The number of hydrogen-bond donors (Lipinski definition) is 2. The van der Waals surface area contributed by atoms with Gasteiger partial charge in [0.05, 0.1) is 4.92 Å². The molecule has 7 heteroatoms. The van der Waals surface area contributed by atoms with E-state index < -0.39 is 10.8 Å². The number of nitrogens with one attached hydrogen (secondary N) is 2. The lowest BCUT2D eigenvalue weighted by Crippen LogP contribution is -2.27. The van der Waals surface area contributed by atoms with Crippen LogP contribution in [0.5, 0.6) is 0 Å². The van der Waals surface area contributed by atoms with Gasteiger partial charge in [-0.1, -0.05) is 24.1 Å². The van der Waals surface area contributed by atoms with Crippen LogP contribution in [0.15, 0.2) is 48.7 Å². The number of anilines is 1. The van der Waals surface area contributed by atoms with Crippen molar-refractivity contribution in [1.82, 2.24) is 10.3 Å². The lowest BCUT2D eigenvalue weighted by molar-refractivity contribution is -0.384. The molecule has 0 fully saturated rings. The van der Waals surface area contributed by atoms with Crippen molar-refractivity contribution in [3.63, 3.8) is 0 Å². The summed E-state index contributed by atoms with van der Waals surface area (Å²) in [6, 6.07) is 12.0.